The second-order valence-electron chi connectivity index (χ2n) is 6.04. The molecular weight excluding hydrogens is 250 g/mol. The highest BCUT2D eigenvalue weighted by molar-refractivity contribution is 5.09. The third kappa shape index (κ3) is 4.27. The summed E-state index contributed by atoms with van der Waals surface area (Å²) in [5.74, 6) is 0.660. The molecule has 0 unspecified atom stereocenters. The highest BCUT2D eigenvalue weighted by atomic mass is 16.2. The van der Waals surface area contributed by atoms with E-state index >= 15 is 0 Å². The Labute approximate surface area is 122 Å². The first-order valence-corrected chi connectivity index (χ1v) is 7.59. The Balaban J connectivity index is 1.93. The maximum atomic E-state index is 9.09. The van der Waals surface area contributed by atoms with Gasteiger partial charge in [0.2, 0.25) is 0 Å². The van der Waals surface area contributed by atoms with E-state index in [2.05, 4.69) is 41.0 Å². The summed E-state index contributed by atoms with van der Waals surface area (Å²) < 4.78 is 0. The molecule has 0 spiro atoms. The molecule has 1 fully saturated rings. The first-order chi connectivity index (χ1) is 9.70. The van der Waals surface area contributed by atoms with E-state index in [1.165, 1.54) is 12.0 Å². The van der Waals surface area contributed by atoms with Crippen molar-refractivity contribution in [1.29, 1.82) is 0 Å². The van der Waals surface area contributed by atoms with Crippen LogP contribution in [-0.2, 0) is 6.54 Å². The summed E-state index contributed by atoms with van der Waals surface area (Å²) in [5.41, 5.74) is 1.34. The van der Waals surface area contributed by atoms with E-state index in [9.17, 15) is 0 Å². The fourth-order valence-corrected chi connectivity index (χ4v) is 3.30. The van der Waals surface area contributed by atoms with Crippen molar-refractivity contribution in [3.63, 3.8) is 0 Å². The Kier molecular flexibility index (Phi) is 5.95. The number of rotatable bonds is 6. The van der Waals surface area contributed by atoms with E-state index in [1.54, 1.807) is 0 Å². The summed E-state index contributed by atoms with van der Waals surface area (Å²) in [6.07, 6.45) is 6.98. The lowest BCUT2D eigenvalue weighted by Gasteiger charge is -2.41. The van der Waals surface area contributed by atoms with Gasteiger partial charge in [-0.15, -0.1) is 0 Å². The Morgan fingerprint density at radius 1 is 1.35 bits per heavy atom. The lowest BCUT2D eigenvalue weighted by atomic mass is 9.87. The van der Waals surface area contributed by atoms with E-state index in [0.717, 1.165) is 32.5 Å². The van der Waals surface area contributed by atoms with Crippen LogP contribution in [0, 0.1) is 5.92 Å². The number of piperidine rings is 1. The molecule has 1 saturated heterocycles. The number of aromatic nitrogens is 1. The number of likely N-dealkylation sites (tertiary alicyclic amines) is 1. The summed E-state index contributed by atoms with van der Waals surface area (Å²) >= 11 is 0. The molecule has 4 nitrogen and oxygen atoms in total. The van der Waals surface area contributed by atoms with Gasteiger partial charge in [0.15, 0.2) is 0 Å². The Morgan fingerprint density at radius 3 is 2.75 bits per heavy atom. The van der Waals surface area contributed by atoms with E-state index in [4.69, 9.17) is 5.11 Å². The maximum absolute atomic E-state index is 9.09. The van der Waals surface area contributed by atoms with Crippen molar-refractivity contribution in [2.45, 2.75) is 31.8 Å². The van der Waals surface area contributed by atoms with Gasteiger partial charge in [-0.05, 0) is 63.5 Å². The van der Waals surface area contributed by atoms with Crippen LogP contribution in [0.4, 0.5) is 0 Å². The molecule has 0 radical (unpaired) electrons. The van der Waals surface area contributed by atoms with Gasteiger partial charge >= 0.3 is 0 Å². The van der Waals surface area contributed by atoms with Gasteiger partial charge in [0.05, 0.1) is 0 Å². The Morgan fingerprint density at radius 2 is 2.10 bits per heavy atom. The average molecular weight is 277 g/mol. The predicted molar refractivity (Wildman–Crippen MR) is 81.4 cm³/mol. The lowest BCUT2D eigenvalue weighted by Crippen LogP contribution is -2.48. The van der Waals surface area contributed by atoms with E-state index < -0.39 is 0 Å². The summed E-state index contributed by atoms with van der Waals surface area (Å²) in [6, 6.07) is 4.84. The normalized spacial score (nSPS) is 24.2. The van der Waals surface area contributed by atoms with Crippen molar-refractivity contribution in [3.8, 4) is 0 Å². The number of pyridine rings is 1. The van der Waals surface area contributed by atoms with Crippen molar-refractivity contribution in [2.75, 3.05) is 33.8 Å². The molecule has 4 heteroatoms. The standard InChI is InChI=1S/C16H27N3O/c1-18(2)16-7-10-19(13-15(16)4-3-11-20)12-14-5-8-17-9-6-14/h5-6,8-9,15-16,20H,3-4,7,10-13H2,1-2H3/t15-,16+/m0/s1. The van der Waals surface area contributed by atoms with Gasteiger partial charge in [-0.3, -0.25) is 9.88 Å². The fraction of sp³-hybridized carbons (Fsp3) is 0.688. The van der Waals surface area contributed by atoms with Crippen molar-refractivity contribution in [1.82, 2.24) is 14.8 Å². The summed E-state index contributed by atoms with van der Waals surface area (Å²) in [7, 11) is 4.35. The van der Waals surface area contributed by atoms with Crippen molar-refractivity contribution >= 4 is 0 Å². The molecule has 0 aliphatic carbocycles. The second-order valence-corrected chi connectivity index (χ2v) is 6.04. The first kappa shape index (κ1) is 15.4. The first-order valence-electron chi connectivity index (χ1n) is 7.59. The minimum absolute atomic E-state index is 0.307. The van der Waals surface area contributed by atoms with Gasteiger partial charge in [-0.1, -0.05) is 0 Å². The average Bonchev–Trinajstić information content (AvgIpc) is 2.46. The maximum Gasteiger partial charge on any atom is 0.0431 e. The lowest BCUT2D eigenvalue weighted by molar-refractivity contribution is 0.0717. The van der Waals surface area contributed by atoms with Gasteiger partial charge < -0.3 is 10.0 Å². The van der Waals surface area contributed by atoms with Crippen LogP contribution < -0.4 is 0 Å². The zero-order valence-corrected chi connectivity index (χ0v) is 12.7. The van der Waals surface area contributed by atoms with Crippen molar-refractivity contribution < 1.29 is 5.11 Å². The van der Waals surface area contributed by atoms with Crippen LogP contribution in [-0.4, -0.2) is 59.7 Å². The van der Waals surface area contributed by atoms with Gasteiger partial charge in [0, 0.05) is 38.1 Å². The van der Waals surface area contributed by atoms with Gasteiger partial charge in [0.25, 0.3) is 0 Å². The molecule has 1 aromatic rings. The van der Waals surface area contributed by atoms with E-state index in [0.29, 0.717) is 18.6 Å². The smallest absolute Gasteiger partial charge is 0.0431 e. The number of aliphatic hydroxyl groups excluding tert-OH is 1. The molecule has 0 saturated carbocycles. The van der Waals surface area contributed by atoms with Crippen LogP contribution in [0.25, 0.3) is 0 Å². The molecular formula is C16H27N3O. The third-order valence-electron chi connectivity index (χ3n) is 4.33. The van der Waals surface area contributed by atoms with Crippen molar-refractivity contribution in [2.24, 2.45) is 5.92 Å². The number of hydrogen-bond donors (Lipinski definition) is 1. The molecule has 112 valence electrons. The van der Waals surface area contributed by atoms with Crippen molar-refractivity contribution in [3.05, 3.63) is 30.1 Å². The summed E-state index contributed by atoms with van der Waals surface area (Å²) in [6.45, 7) is 3.60. The molecule has 0 aromatic carbocycles. The fourth-order valence-electron chi connectivity index (χ4n) is 3.30. The molecule has 1 N–H and O–H groups in total. The number of nitrogens with zero attached hydrogens (tertiary/aromatic N) is 3. The molecule has 0 amide bonds. The van der Waals surface area contributed by atoms with Crippen LogP contribution in [0.2, 0.25) is 0 Å². The van der Waals surface area contributed by atoms with Gasteiger partial charge in [0.1, 0.15) is 0 Å². The molecule has 2 rings (SSSR count). The van der Waals surface area contributed by atoms with Crippen LogP contribution in [0.5, 0.6) is 0 Å². The van der Waals surface area contributed by atoms with E-state index in [-0.39, 0.29) is 0 Å². The molecule has 1 aromatic heterocycles. The van der Waals surface area contributed by atoms with Crippen LogP contribution in [0.1, 0.15) is 24.8 Å². The number of hydrogen-bond acceptors (Lipinski definition) is 4. The predicted octanol–water partition coefficient (Wildman–Crippen LogP) is 1.61. The molecule has 2 atom stereocenters. The van der Waals surface area contributed by atoms with Crippen LogP contribution in [0.3, 0.4) is 0 Å². The zero-order valence-electron chi connectivity index (χ0n) is 12.7. The highest BCUT2D eigenvalue weighted by Gasteiger charge is 2.29. The molecule has 20 heavy (non-hydrogen) atoms. The number of aliphatic hydroxyl groups is 1. The summed E-state index contributed by atoms with van der Waals surface area (Å²) in [4.78, 5) is 8.97. The summed E-state index contributed by atoms with van der Waals surface area (Å²) in [5, 5.41) is 9.09. The minimum Gasteiger partial charge on any atom is -0.396 e. The largest absolute Gasteiger partial charge is 0.396 e. The molecule has 0 bridgehead atoms. The quantitative estimate of drug-likeness (QED) is 0.857. The Hall–Kier alpha value is -0.970. The van der Waals surface area contributed by atoms with Crippen LogP contribution in [0.15, 0.2) is 24.5 Å². The minimum atomic E-state index is 0.307. The monoisotopic (exact) mass is 277 g/mol. The zero-order chi connectivity index (χ0) is 14.4. The molecule has 2 heterocycles. The third-order valence-corrected chi connectivity index (χ3v) is 4.33. The topological polar surface area (TPSA) is 39.6 Å². The van der Waals surface area contributed by atoms with Gasteiger partial charge in [-0.2, -0.15) is 0 Å². The second kappa shape index (κ2) is 7.72. The van der Waals surface area contributed by atoms with Gasteiger partial charge in [-0.25, -0.2) is 0 Å². The molecule has 1 aliphatic heterocycles. The Bertz CT molecular complexity index is 383. The highest BCUT2D eigenvalue weighted by Crippen LogP contribution is 2.25. The van der Waals surface area contributed by atoms with E-state index in [1.807, 2.05) is 12.4 Å². The molecule has 1 aliphatic rings. The van der Waals surface area contributed by atoms with Crippen LogP contribution >= 0.6 is 0 Å². The SMILES string of the molecule is CN(C)[C@@H]1CCN(Cc2ccncc2)C[C@@H]1CCCO.